The van der Waals surface area contributed by atoms with Gasteiger partial charge in [0, 0.05) is 18.8 Å². The molecule has 0 bridgehead atoms. The van der Waals surface area contributed by atoms with Gasteiger partial charge in [-0.1, -0.05) is 6.08 Å². The molecule has 0 spiro atoms. The van der Waals surface area contributed by atoms with E-state index in [9.17, 15) is 0 Å². The molecule has 1 aliphatic carbocycles. The summed E-state index contributed by atoms with van der Waals surface area (Å²) in [5, 5.41) is 0. The fourth-order valence-electron chi connectivity index (χ4n) is 1.19. The van der Waals surface area contributed by atoms with Crippen molar-refractivity contribution < 1.29 is 0 Å². The summed E-state index contributed by atoms with van der Waals surface area (Å²) in [6, 6.07) is 0. The average Bonchev–Trinajstić information content (AvgIpc) is 1.78. The Morgan fingerprint density at radius 1 is 1.44 bits per heavy atom. The smallest absolute Gasteiger partial charge is 0.0146 e. The van der Waals surface area contributed by atoms with Crippen molar-refractivity contribution in [2.75, 3.05) is 13.1 Å². The first-order valence-electron chi connectivity index (χ1n) is 3.82. The molecule has 0 radical (unpaired) electrons. The van der Waals surface area contributed by atoms with E-state index in [4.69, 9.17) is 0 Å². The molecule has 52 valence electrons. The van der Waals surface area contributed by atoms with Gasteiger partial charge in [0.25, 0.3) is 0 Å². The molecule has 0 atom stereocenters. The van der Waals surface area contributed by atoms with Gasteiger partial charge in [-0.2, -0.15) is 0 Å². The number of hydrogen-bond donors (Lipinski definition) is 0. The van der Waals surface area contributed by atoms with E-state index >= 15 is 0 Å². The normalized spacial score (nSPS) is 16.4. The molecular weight excluding hydrogens is 110 g/mol. The Bertz CT molecular complexity index is 112. The van der Waals surface area contributed by atoms with Gasteiger partial charge in [-0.15, -0.1) is 0 Å². The van der Waals surface area contributed by atoms with Gasteiger partial charge < -0.3 is 4.90 Å². The van der Waals surface area contributed by atoms with Gasteiger partial charge in [-0.25, -0.2) is 0 Å². The van der Waals surface area contributed by atoms with Crippen molar-refractivity contribution in [2.24, 2.45) is 0 Å². The number of nitrogens with zero attached hydrogens (tertiary/aromatic N) is 1. The highest BCUT2D eigenvalue weighted by Crippen LogP contribution is 2.21. The highest BCUT2D eigenvalue weighted by Gasteiger charge is 2.09. The predicted octanol–water partition coefficient (Wildman–Crippen LogP) is 2.01. The largest absolute Gasteiger partial charge is 0.376 e. The lowest BCUT2D eigenvalue weighted by Gasteiger charge is -2.28. The molecule has 0 aromatic rings. The third-order valence-corrected chi connectivity index (χ3v) is 1.95. The molecule has 1 nitrogen and oxygen atoms in total. The van der Waals surface area contributed by atoms with Crippen LogP contribution in [0.25, 0.3) is 0 Å². The monoisotopic (exact) mass is 125 g/mol. The minimum absolute atomic E-state index is 1.17. The van der Waals surface area contributed by atoms with E-state index in [1.807, 2.05) is 0 Å². The molecule has 0 N–H and O–H groups in total. The molecule has 0 heterocycles. The van der Waals surface area contributed by atoms with E-state index in [-0.39, 0.29) is 0 Å². The maximum absolute atomic E-state index is 2.42. The molecule has 1 aliphatic rings. The standard InChI is InChI=1S/C8H15N/c1-3-9(4-2)8-6-5-7-8/h6H,3-5,7H2,1-2H3. The maximum Gasteiger partial charge on any atom is 0.0146 e. The zero-order chi connectivity index (χ0) is 6.69. The highest BCUT2D eigenvalue weighted by molar-refractivity contribution is 5.10. The Hall–Kier alpha value is -0.460. The Morgan fingerprint density at radius 3 is 2.11 bits per heavy atom. The van der Waals surface area contributed by atoms with Crippen molar-refractivity contribution in [1.29, 1.82) is 0 Å². The van der Waals surface area contributed by atoms with Gasteiger partial charge in [-0.3, -0.25) is 0 Å². The van der Waals surface area contributed by atoms with Crippen LogP contribution >= 0.6 is 0 Å². The van der Waals surface area contributed by atoms with Crippen LogP contribution in [0.4, 0.5) is 0 Å². The minimum Gasteiger partial charge on any atom is -0.376 e. The summed E-state index contributed by atoms with van der Waals surface area (Å²) in [5.74, 6) is 0. The van der Waals surface area contributed by atoms with E-state index in [0.717, 1.165) is 0 Å². The van der Waals surface area contributed by atoms with Gasteiger partial charge in [0.15, 0.2) is 0 Å². The van der Waals surface area contributed by atoms with Crippen molar-refractivity contribution in [3.05, 3.63) is 11.8 Å². The molecular formula is C8H15N. The summed E-state index contributed by atoms with van der Waals surface area (Å²) < 4.78 is 0. The molecule has 0 aromatic heterocycles. The van der Waals surface area contributed by atoms with Gasteiger partial charge in [0.05, 0.1) is 0 Å². The van der Waals surface area contributed by atoms with Crippen molar-refractivity contribution in [3.8, 4) is 0 Å². The van der Waals surface area contributed by atoms with Gasteiger partial charge in [0.2, 0.25) is 0 Å². The minimum atomic E-state index is 1.17. The lowest BCUT2D eigenvalue weighted by molar-refractivity contribution is 0.352. The third kappa shape index (κ3) is 1.26. The van der Waals surface area contributed by atoms with E-state index < -0.39 is 0 Å². The van der Waals surface area contributed by atoms with E-state index in [2.05, 4.69) is 24.8 Å². The summed E-state index contributed by atoms with van der Waals surface area (Å²) in [7, 11) is 0. The second kappa shape index (κ2) is 2.90. The van der Waals surface area contributed by atoms with Crippen molar-refractivity contribution in [3.63, 3.8) is 0 Å². The van der Waals surface area contributed by atoms with Crippen LogP contribution < -0.4 is 0 Å². The summed E-state index contributed by atoms with van der Waals surface area (Å²) in [6.45, 7) is 6.76. The fraction of sp³-hybridized carbons (Fsp3) is 0.750. The summed E-state index contributed by atoms with van der Waals surface area (Å²) in [5.41, 5.74) is 1.56. The number of rotatable bonds is 3. The molecule has 0 saturated carbocycles. The van der Waals surface area contributed by atoms with Crippen molar-refractivity contribution >= 4 is 0 Å². The van der Waals surface area contributed by atoms with Crippen LogP contribution in [0.3, 0.4) is 0 Å². The Kier molecular flexibility index (Phi) is 2.15. The van der Waals surface area contributed by atoms with Crippen molar-refractivity contribution in [1.82, 2.24) is 4.90 Å². The van der Waals surface area contributed by atoms with Crippen LogP contribution in [0.2, 0.25) is 0 Å². The number of allylic oxidation sites excluding steroid dienone is 2. The molecule has 9 heavy (non-hydrogen) atoms. The molecule has 1 heteroatoms. The van der Waals surface area contributed by atoms with Crippen LogP contribution in [0.1, 0.15) is 26.7 Å². The first-order valence-corrected chi connectivity index (χ1v) is 3.82. The second-order valence-corrected chi connectivity index (χ2v) is 2.41. The third-order valence-electron chi connectivity index (χ3n) is 1.95. The van der Waals surface area contributed by atoms with Crippen LogP contribution in [0.15, 0.2) is 11.8 Å². The molecule has 0 amide bonds. The summed E-state index contributed by atoms with van der Waals surface area (Å²) in [4.78, 5) is 2.42. The highest BCUT2D eigenvalue weighted by atomic mass is 15.1. The van der Waals surface area contributed by atoms with E-state index in [0.29, 0.717) is 0 Å². The zero-order valence-corrected chi connectivity index (χ0v) is 6.35. The Balaban J connectivity index is 2.37. The zero-order valence-electron chi connectivity index (χ0n) is 6.35. The fourth-order valence-corrected chi connectivity index (χ4v) is 1.19. The van der Waals surface area contributed by atoms with E-state index in [1.54, 1.807) is 5.70 Å². The average molecular weight is 125 g/mol. The van der Waals surface area contributed by atoms with E-state index in [1.165, 1.54) is 25.9 Å². The van der Waals surface area contributed by atoms with Crippen LogP contribution in [-0.2, 0) is 0 Å². The lowest BCUT2D eigenvalue weighted by atomic mass is 10.1. The molecule has 0 aliphatic heterocycles. The molecule has 0 fully saturated rings. The Labute approximate surface area is 57.4 Å². The van der Waals surface area contributed by atoms with Crippen molar-refractivity contribution in [2.45, 2.75) is 26.7 Å². The SMILES string of the molecule is CCN(CC)C1=CCC1. The van der Waals surface area contributed by atoms with Crippen LogP contribution in [0.5, 0.6) is 0 Å². The lowest BCUT2D eigenvalue weighted by Crippen LogP contribution is -2.24. The summed E-state index contributed by atoms with van der Waals surface area (Å²) >= 11 is 0. The first-order chi connectivity index (χ1) is 4.38. The molecule has 0 saturated heterocycles. The quantitative estimate of drug-likeness (QED) is 0.557. The van der Waals surface area contributed by atoms with Crippen LogP contribution in [0, 0.1) is 0 Å². The second-order valence-electron chi connectivity index (χ2n) is 2.41. The predicted molar refractivity (Wildman–Crippen MR) is 40.2 cm³/mol. The van der Waals surface area contributed by atoms with Crippen LogP contribution in [-0.4, -0.2) is 18.0 Å². The van der Waals surface area contributed by atoms with Gasteiger partial charge in [-0.05, 0) is 26.7 Å². The molecule has 1 rings (SSSR count). The maximum atomic E-state index is 2.42. The molecule has 0 unspecified atom stereocenters. The summed E-state index contributed by atoms with van der Waals surface area (Å²) in [6.07, 6.45) is 4.93. The Morgan fingerprint density at radius 2 is 2.00 bits per heavy atom. The molecule has 0 aromatic carbocycles. The van der Waals surface area contributed by atoms with Gasteiger partial charge >= 0.3 is 0 Å². The van der Waals surface area contributed by atoms with Gasteiger partial charge in [0.1, 0.15) is 0 Å². The first kappa shape index (κ1) is 6.66. The number of hydrogen-bond acceptors (Lipinski definition) is 1. The topological polar surface area (TPSA) is 3.24 Å².